The maximum Gasteiger partial charge on any atom is 0.123 e. The van der Waals surface area contributed by atoms with E-state index in [1.54, 1.807) is 0 Å². The highest BCUT2D eigenvalue weighted by atomic mass is 19.1. The first-order chi connectivity index (χ1) is 19.5. The van der Waals surface area contributed by atoms with Gasteiger partial charge < -0.3 is 11.5 Å². The smallest absolute Gasteiger partial charge is 0.123 e. The number of benzene rings is 2. The van der Waals surface area contributed by atoms with Gasteiger partial charge in [0.25, 0.3) is 0 Å². The van der Waals surface area contributed by atoms with Gasteiger partial charge in [0, 0.05) is 42.8 Å². The van der Waals surface area contributed by atoms with E-state index in [1.165, 1.54) is 91.1 Å². The Hall–Kier alpha value is -3.87. The van der Waals surface area contributed by atoms with E-state index in [2.05, 4.69) is 76.2 Å². The van der Waals surface area contributed by atoms with E-state index in [1.807, 2.05) is 30.7 Å². The van der Waals surface area contributed by atoms with Crippen molar-refractivity contribution in [1.29, 1.82) is 0 Å². The van der Waals surface area contributed by atoms with E-state index in [-0.39, 0.29) is 5.82 Å². The van der Waals surface area contributed by atoms with Crippen molar-refractivity contribution in [3.63, 3.8) is 0 Å². The van der Waals surface area contributed by atoms with Crippen LogP contribution in [0.25, 0.3) is 11.1 Å². The highest BCUT2D eigenvalue weighted by Gasteiger charge is 2.12. The predicted molar refractivity (Wildman–Crippen MR) is 164 cm³/mol. The molecule has 1 aliphatic heterocycles. The van der Waals surface area contributed by atoms with E-state index in [9.17, 15) is 4.39 Å². The number of nitrogens with zero attached hydrogens (tertiary/aromatic N) is 3. The number of nitrogens with two attached hydrogens (primary N) is 2. The molecule has 0 atom stereocenters. The Morgan fingerprint density at radius 1 is 0.825 bits per heavy atom. The minimum absolute atomic E-state index is 0.209. The van der Waals surface area contributed by atoms with Crippen LogP contribution in [-0.4, -0.2) is 35.0 Å². The molecule has 0 spiro atoms. The average Bonchev–Trinajstić information content (AvgIpc) is 2.99. The average molecular weight is 540 g/mol. The van der Waals surface area contributed by atoms with Gasteiger partial charge in [-0.25, -0.2) is 4.39 Å². The van der Waals surface area contributed by atoms with Crippen molar-refractivity contribution in [3.8, 4) is 11.1 Å². The molecule has 2 aromatic heterocycles. The molecule has 1 fully saturated rings. The highest BCUT2D eigenvalue weighted by Crippen LogP contribution is 2.25. The van der Waals surface area contributed by atoms with Gasteiger partial charge in [-0.3, -0.25) is 14.9 Å². The van der Waals surface area contributed by atoms with Gasteiger partial charge in [0.2, 0.25) is 0 Å². The van der Waals surface area contributed by atoms with Crippen molar-refractivity contribution >= 4 is 0 Å². The van der Waals surface area contributed by atoms with Gasteiger partial charge in [-0.05, 0) is 110 Å². The first-order valence-electron chi connectivity index (χ1n) is 13.9. The molecular formula is C34H42FN5. The molecule has 0 aliphatic carbocycles. The number of likely N-dealkylation sites (tertiary alicyclic amines) is 1. The van der Waals surface area contributed by atoms with Gasteiger partial charge in [0.1, 0.15) is 5.82 Å². The molecule has 1 aliphatic rings. The summed E-state index contributed by atoms with van der Waals surface area (Å²) in [5.74, 6) is -0.209. The Labute approximate surface area is 238 Å². The van der Waals surface area contributed by atoms with E-state index in [0.29, 0.717) is 6.42 Å². The molecule has 5 nitrogen and oxygen atoms in total. The second-order valence-corrected chi connectivity index (χ2v) is 9.93. The first kappa shape index (κ1) is 30.7. The Kier molecular flexibility index (Phi) is 12.5. The lowest BCUT2D eigenvalue weighted by Gasteiger charge is -2.26. The Balaban J connectivity index is 0.000000827. The van der Waals surface area contributed by atoms with Crippen LogP contribution in [0.5, 0.6) is 0 Å². The molecule has 1 saturated heterocycles. The molecule has 3 heterocycles. The van der Waals surface area contributed by atoms with Gasteiger partial charge in [-0.15, -0.1) is 0 Å². The fourth-order valence-electron chi connectivity index (χ4n) is 4.84. The topological polar surface area (TPSA) is 81.1 Å². The molecule has 0 amide bonds. The maximum atomic E-state index is 13.1. The van der Waals surface area contributed by atoms with Gasteiger partial charge in [0.15, 0.2) is 0 Å². The molecule has 0 saturated carbocycles. The summed E-state index contributed by atoms with van der Waals surface area (Å²) in [5, 5.41) is 0. The number of hydrogen-bond donors (Lipinski definition) is 2. The van der Waals surface area contributed by atoms with Crippen LogP contribution in [0.2, 0.25) is 0 Å². The minimum atomic E-state index is -0.209. The number of rotatable bonds is 7. The van der Waals surface area contributed by atoms with E-state index in [0.717, 1.165) is 24.2 Å². The van der Waals surface area contributed by atoms with Crippen molar-refractivity contribution in [1.82, 2.24) is 14.9 Å². The third-order valence-corrected chi connectivity index (χ3v) is 6.91. The molecule has 5 rings (SSSR count). The van der Waals surface area contributed by atoms with Crippen LogP contribution in [0.3, 0.4) is 0 Å². The molecule has 2 aromatic carbocycles. The molecule has 4 aromatic rings. The second-order valence-electron chi connectivity index (χ2n) is 9.93. The van der Waals surface area contributed by atoms with Crippen LogP contribution in [0.4, 0.5) is 4.39 Å². The highest BCUT2D eigenvalue weighted by molar-refractivity contribution is 5.65. The summed E-state index contributed by atoms with van der Waals surface area (Å²) in [6.45, 7) is 8.67. The van der Waals surface area contributed by atoms with Crippen molar-refractivity contribution in [2.75, 3.05) is 20.1 Å². The van der Waals surface area contributed by atoms with Gasteiger partial charge in [-0.2, -0.15) is 0 Å². The zero-order chi connectivity index (χ0) is 28.7. The van der Waals surface area contributed by atoms with Crippen molar-refractivity contribution in [2.45, 2.75) is 45.6 Å². The SMILES string of the molecule is C=CN.CN.Cc1ccc(-c2cncc(CN3CCCCC3)c2)cc1Cc1ccc(Cc2ccc(F)cc2)nc1. The van der Waals surface area contributed by atoms with Crippen LogP contribution in [0.15, 0.2) is 92.0 Å². The summed E-state index contributed by atoms with van der Waals surface area (Å²) in [7, 11) is 1.50. The summed E-state index contributed by atoms with van der Waals surface area (Å²) in [6.07, 6.45) is 12.7. The van der Waals surface area contributed by atoms with Crippen LogP contribution >= 0.6 is 0 Å². The molecule has 210 valence electrons. The lowest BCUT2D eigenvalue weighted by molar-refractivity contribution is 0.220. The summed E-state index contributed by atoms with van der Waals surface area (Å²) in [5.41, 5.74) is 18.6. The monoisotopic (exact) mass is 539 g/mol. The number of aromatic nitrogens is 2. The summed E-state index contributed by atoms with van der Waals surface area (Å²) in [6, 6.07) is 19.8. The Morgan fingerprint density at radius 2 is 1.52 bits per heavy atom. The molecule has 40 heavy (non-hydrogen) atoms. The lowest BCUT2D eigenvalue weighted by Crippen LogP contribution is -2.29. The fourth-order valence-corrected chi connectivity index (χ4v) is 4.84. The number of pyridine rings is 2. The molecule has 6 heteroatoms. The van der Waals surface area contributed by atoms with Crippen molar-refractivity contribution in [3.05, 3.63) is 131 Å². The van der Waals surface area contributed by atoms with Gasteiger partial charge in [0.05, 0.1) is 0 Å². The molecule has 0 bridgehead atoms. The minimum Gasteiger partial charge on any atom is -0.405 e. The molecule has 0 radical (unpaired) electrons. The normalized spacial score (nSPS) is 12.9. The van der Waals surface area contributed by atoms with Crippen molar-refractivity contribution in [2.24, 2.45) is 11.5 Å². The third kappa shape index (κ3) is 9.40. The fraction of sp³-hybridized carbons (Fsp3) is 0.294. The van der Waals surface area contributed by atoms with Gasteiger partial charge in [-0.1, -0.05) is 49.4 Å². The molecular weight excluding hydrogens is 497 g/mol. The van der Waals surface area contributed by atoms with Gasteiger partial charge >= 0.3 is 0 Å². The lowest BCUT2D eigenvalue weighted by atomic mass is 9.96. The Bertz CT molecular complexity index is 1310. The maximum absolute atomic E-state index is 13.1. The zero-order valence-corrected chi connectivity index (χ0v) is 23.8. The third-order valence-electron chi connectivity index (χ3n) is 6.91. The number of halogens is 1. The molecule has 4 N–H and O–H groups in total. The van der Waals surface area contributed by atoms with Crippen LogP contribution in [0, 0.1) is 12.7 Å². The van der Waals surface area contributed by atoms with Crippen LogP contribution < -0.4 is 11.5 Å². The zero-order valence-electron chi connectivity index (χ0n) is 23.8. The number of piperidine rings is 1. The van der Waals surface area contributed by atoms with Crippen molar-refractivity contribution < 1.29 is 4.39 Å². The molecule has 0 unspecified atom stereocenters. The summed E-state index contributed by atoms with van der Waals surface area (Å²) < 4.78 is 13.1. The number of aryl methyl sites for hydroxylation is 1. The van der Waals surface area contributed by atoms with E-state index in [4.69, 9.17) is 0 Å². The summed E-state index contributed by atoms with van der Waals surface area (Å²) in [4.78, 5) is 11.8. The predicted octanol–water partition coefficient (Wildman–Crippen LogP) is 6.42. The van der Waals surface area contributed by atoms with E-state index >= 15 is 0 Å². The second kappa shape index (κ2) is 16.3. The standard InChI is InChI=1S/C31H32FN3.C2H5N.CH5N/c1-23-5-9-27(29-16-26(19-33-21-29)22-35-13-3-2-4-14-35)18-28(23)15-25-8-12-31(34-20-25)17-24-6-10-30(32)11-7-24;1-2-3;1-2/h5-12,16,18-21H,2-4,13-15,17,22H2,1H3;2H,1,3H2;2H2,1H3. The largest absolute Gasteiger partial charge is 0.405 e. The first-order valence-corrected chi connectivity index (χ1v) is 13.9. The van der Waals surface area contributed by atoms with Crippen LogP contribution in [0.1, 0.15) is 52.8 Å². The van der Waals surface area contributed by atoms with E-state index < -0.39 is 0 Å². The van der Waals surface area contributed by atoms with Crippen LogP contribution in [-0.2, 0) is 19.4 Å². The number of hydrogen-bond acceptors (Lipinski definition) is 5. The summed E-state index contributed by atoms with van der Waals surface area (Å²) >= 11 is 0. The Morgan fingerprint density at radius 3 is 2.20 bits per heavy atom. The quantitative estimate of drug-likeness (QED) is 0.283.